The van der Waals surface area contributed by atoms with Crippen molar-refractivity contribution in [3.63, 3.8) is 0 Å². The van der Waals surface area contributed by atoms with Crippen molar-refractivity contribution in [2.45, 2.75) is 25.2 Å². The van der Waals surface area contributed by atoms with Gasteiger partial charge in [-0.3, -0.25) is 0 Å². The molecule has 1 aliphatic heterocycles. The first kappa shape index (κ1) is 14.0. The van der Waals surface area contributed by atoms with Gasteiger partial charge in [0.1, 0.15) is 11.6 Å². The molecule has 1 aromatic carbocycles. The van der Waals surface area contributed by atoms with Crippen LogP contribution in [-0.4, -0.2) is 29.7 Å². The average molecular weight is 283 g/mol. The predicted octanol–water partition coefficient (Wildman–Crippen LogP) is 3.00. The molecule has 0 aliphatic carbocycles. The molecule has 0 amide bonds. The van der Waals surface area contributed by atoms with Crippen molar-refractivity contribution >= 4 is 5.82 Å². The Hall–Kier alpha value is -1.94. The highest BCUT2D eigenvalue weighted by Crippen LogP contribution is 2.39. The van der Waals surface area contributed by atoms with Crippen molar-refractivity contribution in [2.75, 3.05) is 25.1 Å². The summed E-state index contributed by atoms with van der Waals surface area (Å²) in [6, 6.07) is 12.5. The van der Waals surface area contributed by atoms with E-state index in [1.165, 1.54) is 5.56 Å². The van der Waals surface area contributed by atoms with Crippen LogP contribution < -0.4 is 5.32 Å². The van der Waals surface area contributed by atoms with Crippen molar-refractivity contribution in [1.29, 1.82) is 0 Å². The molecule has 4 nitrogen and oxygen atoms in total. The van der Waals surface area contributed by atoms with Crippen LogP contribution in [0.4, 0.5) is 5.82 Å². The van der Waals surface area contributed by atoms with Gasteiger partial charge in [0.15, 0.2) is 0 Å². The van der Waals surface area contributed by atoms with Crippen LogP contribution >= 0.6 is 0 Å². The first-order valence-electron chi connectivity index (χ1n) is 7.56. The van der Waals surface area contributed by atoms with Crippen LogP contribution in [0, 0.1) is 0 Å². The van der Waals surface area contributed by atoms with Gasteiger partial charge in [-0.1, -0.05) is 30.3 Å². The summed E-state index contributed by atoms with van der Waals surface area (Å²) in [5, 5.41) is 3.27. The quantitative estimate of drug-likeness (QED) is 0.937. The SMILES string of the molecule is CCNc1ccnc(C2(c3ccccc3)CCOCC2)n1. The van der Waals surface area contributed by atoms with Crippen LogP contribution in [0.2, 0.25) is 0 Å². The van der Waals surface area contributed by atoms with E-state index in [0.29, 0.717) is 0 Å². The molecule has 4 heteroatoms. The van der Waals surface area contributed by atoms with Crippen LogP contribution in [0.3, 0.4) is 0 Å². The topological polar surface area (TPSA) is 47.0 Å². The smallest absolute Gasteiger partial charge is 0.141 e. The van der Waals surface area contributed by atoms with Crippen molar-refractivity contribution in [3.8, 4) is 0 Å². The van der Waals surface area contributed by atoms with Crippen molar-refractivity contribution in [1.82, 2.24) is 9.97 Å². The van der Waals surface area contributed by atoms with Crippen LogP contribution in [0.25, 0.3) is 0 Å². The zero-order valence-electron chi connectivity index (χ0n) is 12.4. The van der Waals surface area contributed by atoms with Gasteiger partial charge in [0.05, 0.1) is 5.41 Å². The van der Waals surface area contributed by atoms with Gasteiger partial charge in [-0.15, -0.1) is 0 Å². The molecular formula is C17H21N3O. The molecule has 110 valence electrons. The Morgan fingerprint density at radius 3 is 2.62 bits per heavy atom. The first-order chi connectivity index (χ1) is 10.3. The maximum Gasteiger partial charge on any atom is 0.141 e. The molecule has 3 rings (SSSR count). The number of hydrogen-bond donors (Lipinski definition) is 1. The summed E-state index contributed by atoms with van der Waals surface area (Å²) >= 11 is 0. The van der Waals surface area contributed by atoms with Crippen molar-refractivity contribution in [3.05, 3.63) is 54.0 Å². The zero-order valence-corrected chi connectivity index (χ0v) is 12.4. The highest BCUT2D eigenvalue weighted by atomic mass is 16.5. The summed E-state index contributed by atoms with van der Waals surface area (Å²) in [6.07, 6.45) is 3.69. The second-order valence-corrected chi connectivity index (χ2v) is 5.36. The zero-order chi connectivity index (χ0) is 14.5. The third-order valence-electron chi connectivity index (χ3n) is 4.11. The fourth-order valence-corrected chi connectivity index (χ4v) is 2.99. The number of benzene rings is 1. The lowest BCUT2D eigenvalue weighted by Crippen LogP contribution is -2.36. The van der Waals surface area contributed by atoms with E-state index in [1.54, 1.807) is 0 Å². The predicted molar refractivity (Wildman–Crippen MR) is 83.5 cm³/mol. The van der Waals surface area contributed by atoms with Gasteiger partial charge in [0.2, 0.25) is 0 Å². The number of nitrogens with one attached hydrogen (secondary N) is 1. The maximum absolute atomic E-state index is 5.57. The van der Waals surface area contributed by atoms with Gasteiger partial charge in [0, 0.05) is 26.0 Å². The number of rotatable bonds is 4. The van der Waals surface area contributed by atoms with Gasteiger partial charge < -0.3 is 10.1 Å². The van der Waals surface area contributed by atoms with E-state index >= 15 is 0 Å². The normalized spacial score (nSPS) is 17.4. The summed E-state index contributed by atoms with van der Waals surface area (Å²) in [6.45, 7) is 4.44. The van der Waals surface area contributed by atoms with E-state index in [4.69, 9.17) is 9.72 Å². The molecule has 0 atom stereocenters. The van der Waals surface area contributed by atoms with Crippen LogP contribution in [-0.2, 0) is 10.2 Å². The van der Waals surface area contributed by atoms with E-state index < -0.39 is 0 Å². The van der Waals surface area contributed by atoms with E-state index in [1.807, 2.05) is 18.3 Å². The lowest BCUT2D eigenvalue weighted by atomic mass is 9.73. The third kappa shape index (κ3) is 2.76. The summed E-state index contributed by atoms with van der Waals surface area (Å²) in [5.41, 5.74) is 1.15. The minimum Gasteiger partial charge on any atom is -0.381 e. The molecule has 0 bridgehead atoms. The van der Waals surface area contributed by atoms with Gasteiger partial charge >= 0.3 is 0 Å². The number of nitrogens with zero attached hydrogens (tertiary/aromatic N) is 2. The number of ether oxygens (including phenoxy) is 1. The van der Waals surface area contributed by atoms with Crippen molar-refractivity contribution < 1.29 is 4.74 Å². The fraction of sp³-hybridized carbons (Fsp3) is 0.412. The Morgan fingerprint density at radius 1 is 1.14 bits per heavy atom. The molecule has 21 heavy (non-hydrogen) atoms. The monoisotopic (exact) mass is 283 g/mol. The minimum absolute atomic E-state index is 0.134. The van der Waals surface area contributed by atoms with Gasteiger partial charge in [0.25, 0.3) is 0 Å². The summed E-state index contributed by atoms with van der Waals surface area (Å²) in [5.74, 6) is 1.79. The molecule has 2 aromatic rings. The molecule has 0 unspecified atom stereocenters. The highest BCUT2D eigenvalue weighted by Gasteiger charge is 2.39. The van der Waals surface area contributed by atoms with Gasteiger partial charge in [-0.2, -0.15) is 0 Å². The number of aromatic nitrogens is 2. The molecule has 0 radical (unpaired) electrons. The second kappa shape index (κ2) is 6.22. The van der Waals surface area contributed by atoms with E-state index in [9.17, 15) is 0 Å². The van der Waals surface area contributed by atoms with Crippen molar-refractivity contribution in [2.24, 2.45) is 0 Å². The average Bonchev–Trinajstić information content (AvgIpc) is 2.57. The maximum atomic E-state index is 5.57. The summed E-state index contributed by atoms with van der Waals surface area (Å²) in [7, 11) is 0. The van der Waals surface area contributed by atoms with Crippen LogP contribution in [0.15, 0.2) is 42.6 Å². The lowest BCUT2D eigenvalue weighted by Gasteiger charge is -2.36. The molecule has 1 fully saturated rings. The van der Waals surface area contributed by atoms with Gasteiger partial charge in [-0.05, 0) is 31.4 Å². The summed E-state index contributed by atoms with van der Waals surface area (Å²) in [4.78, 5) is 9.34. The first-order valence-corrected chi connectivity index (χ1v) is 7.56. The molecular weight excluding hydrogens is 262 g/mol. The Bertz CT molecular complexity index is 580. The Labute approximate surface area is 125 Å². The fourth-order valence-electron chi connectivity index (χ4n) is 2.99. The Morgan fingerprint density at radius 2 is 1.90 bits per heavy atom. The van der Waals surface area contributed by atoms with Gasteiger partial charge in [-0.25, -0.2) is 9.97 Å². The standard InChI is InChI=1S/C17H21N3O/c1-2-18-15-8-11-19-16(20-15)17(9-12-21-13-10-17)14-6-4-3-5-7-14/h3-8,11H,2,9-10,12-13H2,1H3,(H,18,19,20). The Kier molecular flexibility index (Phi) is 4.15. The molecule has 1 saturated heterocycles. The molecule has 1 aliphatic rings. The molecule has 1 aromatic heterocycles. The summed E-state index contributed by atoms with van der Waals surface area (Å²) < 4.78 is 5.57. The largest absolute Gasteiger partial charge is 0.381 e. The third-order valence-corrected chi connectivity index (χ3v) is 4.11. The molecule has 0 saturated carbocycles. The number of anilines is 1. The Balaban J connectivity index is 2.05. The number of hydrogen-bond acceptors (Lipinski definition) is 4. The van der Waals surface area contributed by atoms with E-state index in [2.05, 4.69) is 41.5 Å². The highest BCUT2D eigenvalue weighted by molar-refractivity contribution is 5.39. The van der Waals surface area contributed by atoms with E-state index in [0.717, 1.165) is 44.2 Å². The minimum atomic E-state index is -0.134. The second-order valence-electron chi connectivity index (χ2n) is 5.36. The lowest BCUT2D eigenvalue weighted by molar-refractivity contribution is 0.0605. The van der Waals surface area contributed by atoms with Crippen LogP contribution in [0.5, 0.6) is 0 Å². The molecule has 0 spiro atoms. The molecule has 1 N–H and O–H groups in total. The molecule has 2 heterocycles. The van der Waals surface area contributed by atoms with Crippen LogP contribution in [0.1, 0.15) is 31.2 Å². The van der Waals surface area contributed by atoms with E-state index in [-0.39, 0.29) is 5.41 Å².